The molecule has 206 valence electrons. The third-order valence-electron chi connectivity index (χ3n) is 7.85. The van der Waals surface area contributed by atoms with E-state index in [1.807, 2.05) is 17.0 Å². The van der Waals surface area contributed by atoms with Crippen LogP contribution >= 0.6 is 11.6 Å². The number of nitrogens with zero attached hydrogens (tertiary/aromatic N) is 3. The van der Waals surface area contributed by atoms with Gasteiger partial charge in [0.15, 0.2) is 0 Å². The van der Waals surface area contributed by atoms with Crippen LogP contribution in [0.15, 0.2) is 42.5 Å². The molecule has 38 heavy (non-hydrogen) atoms. The summed E-state index contributed by atoms with van der Waals surface area (Å²) in [5.74, 6) is -1.09. The standard InChI is InChI=1S/C28H33ClF3N3O3/c1-4-34-13-11-19(12-14-34)27(37)35-16-22(18-5-8-21(29)9-6-18)24(17-35)33(2)26(36)20-7-10-25(38-3)23(15-20)28(30,31)32/h5-10,15,19,22,24H,4,11-14,16-17H2,1-3H3. The van der Waals surface area contributed by atoms with Crippen molar-refractivity contribution < 1.29 is 27.5 Å². The molecule has 2 unspecified atom stereocenters. The minimum absolute atomic E-state index is 0.0700. The summed E-state index contributed by atoms with van der Waals surface area (Å²) in [4.78, 5) is 32.6. The highest BCUT2D eigenvalue weighted by molar-refractivity contribution is 6.30. The van der Waals surface area contributed by atoms with Crippen molar-refractivity contribution >= 4 is 23.4 Å². The van der Waals surface area contributed by atoms with Crippen molar-refractivity contribution in [2.75, 3.05) is 46.9 Å². The lowest BCUT2D eigenvalue weighted by Gasteiger charge is -2.32. The number of piperidine rings is 1. The first-order valence-corrected chi connectivity index (χ1v) is 13.2. The molecule has 0 saturated carbocycles. The number of likely N-dealkylation sites (tertiary alicyclic amines) is 2. The third kappa shape index (κ3) is 5.94. The number of hydrogen-bond acceptors (Lipinski definition) is 4. The molecule has 0 radical (unpaired) electrons. The number of alkyl halides is 3. The zero-order valence-corrected chi connectivity index (χ0v) is 22.6. The summed E-state index contributed by atoms with van der Waals surface area (Å²) in [5.41, 5.74) is -0.178. The third-order valence-corrected chi connectivity index (χ3v) is 8.10. The minimum Gasteiger partial charge on any atom is -0.496 e. The fourth-order valence-corrected chi connectivity index (χ4v) is 5.69. The number of methoxy groups -OCH3 is 1. The van der Waals surface area contributed by atoms with Crippen LogP contribution in [0.4, 0.5) is 13.2 Å². The summed E-state index contributed by atoms with van der Waals surface area (Å²) in [6.45, 7) is 5.55. The first-order chi connectivity index (χ1) is 18.0. The van der Waals surface area contributed by atoms with Crippen LogP contribution in [0.3, 0.4) is 0 Å². The van der Waals surface area contributed by atoms with Crippen LogP contribution in [0.25, 0.3) is 0 Å². The van der Waals surface area contributed by atoms with Crippen LogP contribution in [0.1, 0.15) is 47.2 Å². The smallest absolute Gasteiger partial charge is 0.419 e. The second-order valence-electron chi connectivity index (χ2n) is 10.0. The van der Waals surface area contributed by atoms with E-state index in [2.05, 4.69) is 11.8 Å². The van der Waals surface area contributed by atoms with Gasteiger partial charge in [0.2, 0.25) is 5.91 Å². The average molecular weight is 552 g/mol. The maximum Gasteiger partial charge on any atom is 0.419 e. The molecule has 0 bridgehead atoms. The number of rotatable bonds is 6. The Morgan fingerprint density at radius 3 is 2.32 bits per heavy atom. The average Bonchev–Trinajstić information content (AvgIpc) is 3.37. The van der Waals surface area contributed by atoms with Gasteiger partial charge in [-0.2, -0.15) is 13.2 Å². The molecule has 2 atom stereocenters. The van der Waals surface area contributed by atoms with Gasteiger partial charge < -0.3 is 19.4 Å². The van der Waals surface area contributed by atoms with Gasteiger partial charge in [-0.25, -0.2) is 0 Å². The van der Waals surface area contributed by atoms with Crippen LogP contribution < -0.4 is 4.74 Å². The number of halogens is 4. The van der Waals surface area contributed by atoms with E-state index in [0.29, 0.717) is 18.1 Å². The Morgan fingerprint density at radius 2 is 1.74 bits per heavy atom. The van der Waals surface area contributed by atoms with Crippen molar-refractivity contribution in [3.63, 3.8) is 0 Å². The molecular weight excluding hydrogens is 519 g/mol. The molecule has 0 aliphatic carbocycles. The number of hydrogen-bond donors (Lipinski definition) is 0. The molecule has 6 nitrogen and oxygen atoms in total. The summed E-state index contributed by atoms with van der Waals surface area (Å²) in [6.07, 6.45) is -3.09. The van der Waals surface area contributed by atoms with E-state index in [1.54, 1.807) is 19.2 Å². The van der Waals surface area contributed by atoms with Crippen LogP contribution in [0, 0.1) is 5.92 Å². The van der Waals surface area contributed by atoms with E-state index in [9.17, 15) is 22.8 Å². The van der Waals surface area contributed by atoms with Gasteiger partial charge in [0.1, 0.15) is 5.75 Å². The molecule has 2 aromatic rings. The Morgan fingerprint density at radius 1 is 1.08 bits per heavy atom. The molecule has 2 aromatic carbocycles. The van der Waals surface area contributed by atoms with Gasteiger partial charge in [0.25, 0.3) is 5.91 Å². The van der Waals surface area contributed by atoms with Crippen molar-refractivity contribution in [3.05, 3.63) is 64.2 Å². The highest BCUT2D eigenvalue weighted by Crippen LogP contribution is 2.38. The maximum atomic E-state index is 13.6. The minimum atomic E-state index is -4.67. The highest BCUT2D eigenvalue weighted by atomic mass is 35.5. The molecular formula is C28H33ClF3N3O3. The van der Waals surface area contributed by atoms with E-state index in [0.717, 1.165) is 57.3 Å². The summed E-state index contributed by atoms with van der Waals surface area (Å²) in [6, 6.07) is 10.2. The fourth-order valence-electron chi connectivity index (χ4n) is 5.57. The molecule has 0 N–H and O–H groups in total. The van der Waals surface area contributed by atoms with E-state index < -0.39 is 23.7 Å². The van der Waals surface area contributed by atoms with Crippen molar-refractivity contribution in [2.45, 2.75) is 37.9 Å². The summed E-state index contributed by atoms with van der Waals surface area (Å²) in [5, 5.41) is 0.571. The van der Waals surface area contributed by atoms with Crippen molar-refractivity contribution in [1.82, 2.24) is 14.7 Å². The molecule has 4 rings (SSSR count). The van der Waals surface area contributed by atoms with Gasteiger partial charge in [-0.05, 0) is 68.4 Å². The predicted octanol–water partition coefficient (Wildman–Crippen LogP) is 5.17. The topological polar surface area (TPSA) is 53.1 Å². The lowest BCUT2D eigenvalue weighted by molar-refractivity contribution is -0.139. The van der Waals surface area contributed by atoms with Gasteiger partial charge in [0.05, 0.1) is 18.7 Å². The Bertz CT molecular complexity index is 1150. The molecule has 0 aromatic heterocycles. The van der Waals surface area contributed by atoms with E-state index in [1.165, 1.54) is 11.0 Å². The van der Waals surface area contributed by atoms with Gasteiger partial charge in [0, 0.05) is 42.6 Å². The van der Waals surface area contributed by atoms with Crippen LogP contribution in [0.2, 0.25) is 5.02 Å². The first-order valence-electron chi connectivity index (χ1n) is 12.8. The Labute approximate surface area is 226 Å². The largest absolute Gasteiger partial charge is 0.496 e. The van der Waals surface area contributed by atoms with Crippen molar-refractivity contribution in [1.29, 1.82) is 0 Å². The predicted molar refractivity (Wildman–Crippen MR) is 139 cm³/mol. The molecule has 2 saturated heterocycles. The number of ether oxygens (including phenoxy) is 1. The summed E-state index contributed by atoms with van der Waals surface area (Å²) >= 11 is 6.09. The van der Waals surface area contributed by atoms with Gasteiger partial charge in [-0.15, -0.1) is 0 Å². The molecule has 2 aliphatic heterocycles. The molecule has 2 fully saturated rings. The van der Waals surface area contributed by atoms with Crippen LogP contribution in [-0.2, 0) is 11.0 Å². The molecule has 2 aliphatic rings. The molecule has 2 amide bonds. The van der Waals surface area contributed by atoms with Gasteiger partial charge >= 0.3 is 6.18 Å². The quantitative estimate of drug-likeness (QED) is 0.497. The summed E-state index contributed by atoms with van der Waals surface area (Å²) < 4.78 is 45.7. The zero-order chi connectivity index (χ0) is 27.6. The number of benzene rings is 2. The Balaban J connectivity index is 1.60. The van der Waals surface area contributed by atoms with Crippen molar-refractivity contribution in [3.8, 4) is 5.75 Å². The Kier molecular flexibility index (Phi) is 8.57. The Hall–Kier alpha value is -2.78. The zero-order valence-electron chi connectivity index (χ0n) is 21.8. The van der Waals surface area contributed by atoms with Crippen LogP contribution in [0.5, 0.6) is 5.75 Å². The molecule has 2 heterocycles. The lowest BCUT2D eigenvalue weighted by Crippen LogP contribution is -2.44. The van der Waals surface area contributed by atoms with E-state index in [-0.39, 0.29) is 29.1 Å². The monoisotopic (exact) mass is 551 g/mol. The molecule has 0 spiro atoms. The number of amides is 2. The molecule has 10 heteroatoms. The van der Waals surface area contributed by atoms with Crippen molar-refractivity contribution in [2.24, 2.45) is 5.92 Å². The van der Waals surface area contributed by atoms with E-state index in [4.69, 9.17) is 16.3 Å². The first kappa shape index (κ1) is 28.2. The van der Waals surface area contributed by atoms with Gasteiger partial charge in [-0.3, -0.25) is 9.59 Å². The van der Waals surface area contributed by atoms with E-state index >= 15 is 0 Å². The SMILES string of the molecule is CCN1CCC(C(=O)N2CC(c3ccc(Cl)cc3)C(N(C)C(=O)c3ccc(OC)c(C(F)(F)F)c3)C2)CC1. The number of likely N-dealkylation sites (N-methyl/N-ethyl adjacent to an activating group) is 1. The number of carbonyl (C=O) groups is 2. The second-order valence-corrected chi connectivity index (χ2v) is 10.4. The van der Waals surface area contributed by atoms with Gasteiger partial charge in [-0.1, -0.05) is 30.7 Å². The van der Waals surface area contributed by atoms with Crippen LogP contribution in [-0.4, -0.2) is 79.4 Å². The maximum absolute atomic E-state index is 13.6. The second kappa shape index (κ2) is 11.5. The highest BCUT2D eigenvalue weighted by Gasteiger charge is 2.42. The summed E-state index contributed by atoms with van der Waals surface area (Å²) in [7, 11) is 2.74. The number of carbonyl (C=O) groups excluding carboxylic acids is 2. The fraction of sp³-hybridized carbons (Fsp3) is 0.500. The normalized spacial score (nSPS) is 21.0. The lowest BCUT2D eigenvalue weighted by atomic mass is 9.93.